The first kappa shape index (κ1) is 22.9. The van der Waals surface area contributed by atoms with Crippen molar-refractivity contribution in [1.82, 2.24) is 16.2 Å². The molecule has 2 amide bonds. The summed E-state index contributed by atoms with van der Waals surface area (Å²) in [5.41, 5.74) is 6.62. The summed E-state index contributed by atoms with van der Waals surface area (Å²) in [4.78, 5) is 23.9. The number of methoxy groups -OCH3 is 1. The summed E-state index contributed by atoms with van der Waals surface area (Å²) < 4.78 is 10.8. The molecule has 0 aromatic heterocycles. The highest BCUT2D eigenvalue weighted by atomic mass is 32.1. The number of carbonyl (C=O) groups is 2. The van der Waals surface area contributed by atoms with Gasteiger partial charge in [-0.2, -0.15) is 0 Å². The second-order valence-electron chi connectivity index (χ2n) is 6.55. The van der Waals surface area contributed by atoms with E-state index in [-0.39, 0.29) is 17.6 Å². The molecule has 2 aromatic rings. The van der Waals surface area contributed by atoms with Crippen molar-refractivity contribution in [2.24, 2.45) is 0 Å². The van der Waals surface area contributed by atoms with Crippen LogP contribution in [0, 0.1) is 0 Å². The molecule has 30 heavy (non-hydrogen) atoms. The number of para-hydroxylation sites is 2. The molecule has 0 fully saturated rings. The fourth-order valence-corrected chi connectivity index (χ4v) is 2.70. The number of rotatable bonds is 7. The number of carbonyl (C=O) groups excluding carboxylic acids is 2. The second-order valence-corrected chi connectivity index (χ2v) is 6.96. The molecule has 0 bridgehead atoms. The second kappa shape index (κ2) is 11.6. The molecule has 0 aliphatic rings. The maximum atomic E-state index is 12.0. The number of hydrogen-bond donors (Lipinski definition) is 3. The van der Waals surface area contributed by atoms with Gasteiger partial charge < -0.3 is 9.47 Å². The van der Waals surface area contributed by atoms with Gasteiger partial charge in [0, 0.05) is 11.6 Å². The monoisotopic (exact) mass is 427 g/mol. The van der Waals surface area contributed by atoms with E-state index in [4.69, 9.17) is 21.7 Å². The van der Waals surface area contributed by atoms with Crippen LogP contribution in [0.1, 0.15) is 30.9 Å². The van der Waals surface area contributed by atoms with E-state index in [1.54, 1.807) is 19.3 Å². The Morgan fingerprint density at radius 3 is 2.40 bits per heavy atom. The maximum absolute atomic E-state index is 12.0. The van der Waals surface area contributed by atoms with Gasteiger partial charge in [0.2, 0.25) is 5.91 Å². The Kier molecular flexibility index (Phi) is 8.83. The molecule has 3 N–H and O–H groups in total. The molecule has 0 heterocycles. The van der Waals surface area contributed by atoms with E-state index in [0.29, 0.717) is 11.5 Å². The lowest BCUT2D eigenvalue weighted by Crippen LogP contribution is -2.49. The number of benzene rings is 2. The minimum Gasteiger partial charge on any atom is -0.496 e. The van der Waals surface area contributed by atoms with Crippen LogP contribution in [-0.2, 0) is 9.59 Å². The SMILES string of the molecule is COc1ccccc1/C=C/C(=O)NC(=S)NNC(=O)COc1ccccc1C(C)C. The van der Waals surface area contributed by atoms with Crippen molar-refractivity contribution in [2.75, 3.05) is 13.7 Å². The van der Waals surface area contributed by atoms with Crippen molar-refractivity contribution in [3.8, 4) is 11.5 Å². The lowest BCUT2D eigenvalue weighted by atomic mass is 10.0. The van der Waals surface area contributed by atoms with E-state index < -0.39 is 11.8 Å². The van der Waals surface area contributed by atoms with Crippen molar-refractivity contribution in [2.45, 2.75) is 19.8 Å². The van der Waals surface area contributed by atoms with Gasteiger partial charge in [-0.05, 0) is 41.9 Å². The summed E-state index contributed by atoms with van der Waals surface area (Å²) in [5, 5.41) is 2.40. The molecule has 0 spiro atoms. The number of hydrogen-bond acceptors (Lipinski definition) is 5. The van der Waals surface area contributed by atoms with E-state index in [2.05, 4.69) is 16.2 Å². The zero-order chi connectivity index (χ0) is 21.9. The van der Waals surface area contributed by atoms with E-state index in [1.165, 1.54) is 6.08 Å². The maximum Gasteiger partial charge on any atom is 0.276 e. The van der Waals surface area contributed by atoms with Crippen molar-refractivity contribution in [3.05, 3.63) is 65.7 Å². The molecule has 0 atom stereocenters. The number of nitrogens with one attached hydrogen (secondary N) is 3. The molecule has 0 aliphatic carbocycles. The highest BCUT2D eigenvalue weighted by molar-refractivity contribution is 7.80. The lowest BCUT2D eigenvalue weighted by Gasteiger charge is -2.14. The van der Waals surface area contributed by atoms with Crippen LogP contribution in [0.2, 0.25) is 0 Å². The number of amides is 2. The van der Waals surface area contributed by atoms with Crippen LogP contribution in [-0.4, -0.2) is 30.6 Å². The molecule has 0 aliphatic heterocycles. The van der Waals surface area contributed by atoms with Gasteiger partial charge in [-0.25, -0.2) is 0 Å². The molecular formula is C22H25N3O4S. The zero-order valence-corrected chi connectivity index (χ0v) is 17.9. The highest BCUT2D eigenvalue weighted by Crippen LogP contribution is 2.25. The molecule has 0 saturated heterocycles. The third-order valence-electron chi connectivity index (χ3n) is 4.01. The molecule has 0 saturated carbocycles. The standard InChI is InChI=1S/C22H25N3O4S/c1-15(2)17-9-5-7-11-19(17)29-14-21(27)24-25-22(30)23-20(26)13-12-16-8-4-6-10-18(16)28-3/h4-13,15H,14H2,1-3H3,(H,24,27)(H2,23,25,26,30)/b13-12+. The first-order valence-corrected chi connectivity index (χ1v) is 9.74. The fourth-order valence-electron chi connectivity index (χ4n) is 2.55. The minimum atomic E-state index is -0.449. The molecule has 8 heteroatoms. The largest absolute Gasteiger partial charge is 0.496 e. The molecule has 7 nitrogen and oxygen atoms in total. The Hall–Kier alpha value is -3.39. The molecule has 0 unspecified atom stereocenters. The average molecular weight is 428 g/mol. The molecular weight excluding hydrogens is 402 g/mol. The van der Waals surface area contributed by atoms with Gasteiger partial charge in [0.1, 0.15) is 11.5 Å². The van der Waals surface area contributed by atoms with Crippen molar-refractivity contribution in [1.29, 1.82) is 0 Å². The van der Waals surface area contributed by atoms with E-state index >= 15 is 0 Å². The van der Waals surface area contributed by atoms with Gasteiger partial charge >= 0.3 is 0 Å². The predicted octanol–water partition coefficient (Wildman–Crippen LogP) is 2.93. The molecule has 2 aromatic carbocycles. The van der Waals surface area contributed by atoms with Gasteiger partial charge in [-0.15, -0.1) is 0 Å². The quantitative estimate of drug-likeness (QED) is 0.358. The van der Waals surface area contributed by atoms with Crippen LogP contribution in [0.3, 0.4) is 0 Å². The average Bonchev–Trinajstić information content (AvgIpc) is 2.75. The third kappa shape index (κ3) is 7.21. The smallest absolute Gasteiger partial charge is 0.276 e. The van der Waals surface area contributed by atoms with Crippen LogP contribution in [0.5, 0.6) is 11.5 Å². The Bertz CT molecular complexity index is 928. The predicted molar refractivity (Wildman–Crippen MR) is 120 cm³/mol. The number of ether oxygens (including phenoxy) is 2. The topological polar surface area (TPSA) is 88.7 Å². The summed E-state index contributed by atoms with van der Waals surface area (Å²) in [7, 11) is 1.56. The normalized spacial score (nSPS) is 10.5. The van der Waals surface area contributed by atoms with Crippen molar-refractivity contribution < 1.29 is 19.1 Å². The summed E-state index contributed by atoms with van der Waals surface area (Å²) >= 11 is 5.00. The van der Waals surface area contributed by atoms with Gasteiger partial charge in [0.15, 0.2) is 11.7 Å². The van der Waals surface area contributed by atoms with Gasteiger partial charge in [0.05, 0.1) is 7.11 Å². The Labute approximate surface area is 181 Å². The van der Waals surface area contributed by atoms with Crippen molar-refractivity contribution in [3.63, 3.8) is 0 Å². The van der Waals surface area contributed by atoms with Gasteiger partial charge in [-0.3, -0.25) is 25.8 Å². The lowest BCUT2D eigenvalue weighted by molar-refractivity contribution is -0.123. The third-order valence-corrected chi connectivity index (χ3v) is 4.21. The highest BCUT2D eigenvalue weighted by Gasteiger charge is 2.10. The van der Waals surface area contributed by atoms with Crippen LogP contribution in [0.4, 0.5) is 0 Å². The van der Waals surface area contributed by atoms with E-state index in [1.807, 2.05) is 56.3 Å². The minimum absolute atomic E-state index is 0.0411. The molecule has 2 rings (SSSR count). The molecule has 0 radical (unpaired) electrons. The summed E-state index contributed by atoms with van der Waals surface area (Å²) in [6.45, 7) is 3.90. The van der Waals surface area contributed by atoms with Crippen LogP contribution >= 0.6 is 12.2 Å². The number of hydrazine groups is 1. The number of thiocarbonyl (C=S) groups is 1. The first-order valence-electron chi connectivity index (χ1n) is 9.33. The van der Waals surface area contributed by atoms with Gasteiger partial charge in [0.25, 0.3) is 5.91 Å². The summed E-state index contributed by atoms with van der Waals surface area (Å²) in [6, 6.07) is 14.8. The Morgan fingerprint density at radius 1 is 1.03 bits per heavy atom. The van der Waals surface area contributed by atoms with E-state index in [9.17, 15) is 9.59 Å². The van der Waals surface area contributed by atoms with Crippen LogP contribution in [0.15, 0.2) is 54.6 Å². The molecule has 158 valence electrons. The first-order chi connectivity index (χ1) is 14.4. The van der Waals surface area contributed by atoms with Crippen molar-refractivity contribution >= 4 is 35.2 Å². The summed E-state index contributed by atoms with van der Waals surface area (Å²) in [5.74, 6) is 0.687. The van der Waals surface area contributed by atoms with Crippen LogP contribution < -0.4 is 25.6 Å². The van der Waals surface area contributed by atoms with E-state index in [0.717, 1.165) is 11.1 Å². The van der Waals surface area contributed by atoms with Crippen LogP contribution in [0.25, 0.3) is 6.08 Å². The fraction of sp³-hybridized carbons (Fsp3) is 0.227. The zero-order valence-electron chi connectivity index (χ0n) is 17.1. The Morgan fingerprint density at radius 2 is 1.70 bits per heavy atom. The Balaban J connectivity index is 1.77. The van der Waals surface area contributed by atoms with Gasteiger partial charge in [-0.1, -0.05) is 50.2 Å². The summed E-state index contributed by atoms with van der Waals surface area (Å²) in [6.07, 6.45) is 2.93.